The summed E-state index contributed by atoms with van der Waals surface area (Å²) in [4.78, 5) is 23.8. The van der Waals surface area contributed by atoms with Gasteiger partial charge in [0, 0.05) is 26.1 Å². The quantitative estimate of drug-likeness (QED) is 0.882. The Morgan fingerprint density at radius 1 is 1.26 bits per heavy atom. The molecule has 23 heavy (non-hydrogen) atoms. The van der Waals surface area contributed by atoms with Gasteiger partial charge in [0.2, 0.25) is 5.91 Å². The normalized spacial score (nSPS) is 16.7. The molecule has 2 rings (SSSR count). The Kier molecular flexibility index (Phi) is 4.84. The minimum absolute atomic E-state index is 0.119. The van der Waals surface area contributed by atoms with Crippen LogP contribution in [0.15, 0.2) is 34.3 Å². The van der Waals surface area contributed by atoms with Crippen molar-refractivity contribution in [3.63, 3.8) is 0 Å². The van der Waals surface area contributed by atoms with E-state index in [4.69, 9.17) is 0 Å². The molecule has 0 unspecified atom stereocenters. The number of nitrogens with one attached hydrogen (secondary N) is 1. The van der Waals surface area contributed by atoms with Crippen molar-refractivity contribution in [3.05, 3.63) is 29.8 Å². The van der Waals surface area contributed by atoms with Gasteiger partial charge in [0.05, 0.1) is 10.9 Å². The molecule has 0 radical (unpaired) electrons. The van der Waals surface area contributed by atoms with Crippen LogP contribution in [0.1, 0.15) is 31.4 Å². The van der Waals surface area contributed by atoms with Gasteiger partial charge in [-0.15, -0.1) is 0 Å². The maximum absolute atomic E-state index is 12.2. The summed E-state index contributed by atoms with van der Waals surface area (Å²) in [5.74, 6) is -0.449. The van der Waals surface area contributed by atoms with Crippen molar-refractivity contribution in [3.8, 4) is 0 Å². The Morgan fingerprint density at radius 3 is 2.39 bits per heavy atom. The Labute approximate surface area is 135 Å². The Balaban J connectivity index is 2.07. The lowest BCUT2D eigenvalue weighted by Gasteiger charge is -2.21. The molecule has 7 nitrogen and oxygen atoms in total. The maximum Gasteiger partial charge on any atom is 0.267 e. The van der Waals surface area contributed by atoms with Crippen molar-refractivity contribution in [1.29, 1.82) is 0 Å². The van der Waals surface area contributed by atoms with Crippen LogP contribution < -0.4 is 5.32 Å². The molecule has 0 aliphatic carbocycles. The fraction of sp³-hybridized carbons (Fsp3) is 0.400. The molecule has 1 atom stereocenters. The van der Waals surface area contributed by atoms with Gasteiger partial charge in [-0.2, -0.15) is 5.10 Å². The summed E-state index contributed by atoms with van der Waals surface area (Å²) < 4.78 is 22.9. The highest BCUT2D eigenvalue weighted by Crippen LogP contribution is 2.17. The molecule has 1 aliphatic rings. The van der Waals surface area contributed by atoms with Crippen LogP contribution in [-0.2, 0) is 19.4 Å². The highest BCUT2D eigenvalue weighted by atomic mass is 32.2. The Morgan fingerprint density at radius 2 is 1.87 bits per heavy atom. The first-order valence-electron chi connectivity index (χ1n) is 7.13. The Hall–Kier alpha value is -2.22. The van der Waals surface area contributed by atoms with Crippen LogP contribution in [0.25, 0.3) is 0 Å². The fourth-order valence-corrected chi connectivity index (χ4v) is 2.83. The SMILES string of the molecule is C[C@H](NC(=O)C1=NN(C)C(=O)CC1)c1ccc(S(C)(=O)=O)cc1. The maximum atomic E-state index is 12.2. The van der Waals surface area contributed by atoms with Crippen molar-refractivity contribution in [2.24, 2.45) is 5.10 Å². The average molecular weight is 337 g/mol. The summed E-state index contributed by atoms with van der Waals surface area (Å²) in [6.45, 7) is 1.80. The molecular weight excluding hydrogens is 318 g/mol. The van der Waals surface area contributed by atoms with Crippen LogP contribution >= 0.6 is 0 Å². The zero-order valence-electron chi connectivity index (χ0n) is 13.2. The lowest BCUT2D eigenvalue weighted by Crippen LogP contribution is -2.38. The molecule has 0 saturated carbocycles. The van der Waals surface area contributed by atoms with Gasteiger partial charge in [-0.3, -0.25) is 9.59 Å². The smallest absolute Gasteiger partial charge is 0.267 e. The second-order valence-corrected chi connectivity index (χ2v) is 7.52. The van der Waals surface area contributed by atoms with Crippen LogP contribution in [0.4, 0.5) is 0 Å². The minimum atomic E-state index is -3.24. The highest BCUT2D eigenvalue weighted by molar-refractivity contribution is 7.90. The van der Waals surface area contributed by atoms with Crippen LogP contribution in [0.2, 0.25) is 0 Å². The van der Waals surface area contributed by atoms with E-state index in [1.165, 1.54) is 24.2 Å². The van der Waals surface area contributed by atoms with E-state index in [0.29, 0.717) is 12.1 Å². The fourth-order valence-electron chi connectivity index (χ4n) is 2.20. The first-order chi connectivity index (χ1) is 10.7. The number of sulfone groups is 1. The van der Waals surface area contributed by atoms with E-state index in [0.717, 1.165) is 11.8 Å². The van der Waals surface area contributed by atoms with Crippen LogP contribution in [0.5, 0.6) is 0 Å². The standard InChI is InChI=1S/C15H19N3O4S/c1-10(11-4-6-12(7-5-11)23(3,21)22)16-15(20)13-8-9-14(19)18(2)17-13/h4-7,10H,8-9H2,1-3H3,(H,16,20)/t10-/m0/s1. The lowest BCUT2D eigenvalue weighted by molar-refractivity contribution is -0.130. The van der Waals surface area contributed by atoms with Gasteiger partial charge in [0.1, 0.15) is 5.71 Å². The van der Waals surface area contributed by atoms with Gasteiger partial charge < -0.3 is 5.32 Å². The third-order valence-corrected chi connectivity index (χ3v) is 4.75. The second-order valence-electron chi connectivity index (χ2n) is 5.50. The van der Waals surface area contributed by atoms with E-state index >= 15 is 0 Å². The number of hydrogen-bond donors (Lipinski definition) is 1. The van der Waals surface area contributed by atoms with E-state index in [-0.39, 0.29) is 29.2 Å². The molecule has 0 spiro atoms. The number of carbonyl (C=O) groups excluding carboxylic acids is 2. The average Bonchev–Trinajstić information content (AvgIpc) is 2.49. The topological polar surface area (TPSA) is 95.9 Å². The second kappa shape index (κ2) is 6.49. The number of hydrogen-bond acceptors (Lipinski definition) is 5. The number of carbonyl (C=O) groups is 2. The summed E-state index contributed by atoms with van der Waals surface area (Å²) >= 11 is 0. The Bertz CT molecular complexity index is 753. The minimum Gasteiger partial charge on any atom is -0.344 e. The van der Waals surface area contributed by atoms with Gasteiger partial charge in [0.15, 0.2) is 9.84 Å². The zero-order chi connectivity index (χ0) is 17.2. The summed E-state index contributed by atoms with van der Waals surface area (Å²) in [7, 11) is -1.72. The number of nitrogens with zero attached hydrogens (tertiary/aromatic N) is 2. The number of benzene rings is 1. The molecule has 1 aromatic rings. The zero-order valence-corrected chi connectivity index (χ0v) is 14.1. The molecule has 0 fully saturated rings. The van der Waals surface area contributed by atoms with Crippen molar-refractivity contribution in [1.82, 2.24) is 10.3 Å². The molecule has 0 saturated heterocycles. The van der Waals surface area contributed by atoms with E-state index < -0.39 is 9.84 Å². The van der Waals surface area contributed by atoms with Gasteiger partial charge in [-0.25, -0.2) is 13.4 Å². The summed E-state index contributed by atoms with van der Waals surface area (Å²) in [5.41, 5.74) is 1.10. The molecule has 0 bridgehead atoms. The number of rotatable bonds is 4. The van der Waals surface area contributed by atoms with E-state index in [1.807, 2.05) is 0 Å². The number of amides is 2. The molecule has 2 amide bonds. The first kappa shape index (κ1) is 17.1. The molecule has 1 aliphatic heterocycles. The lowest BCUT2D eigenvalue weighted by atomic mass is 10.1. The van der Waals surface area contributed by atoms with Crippen molar-refractivity contribution in [2.75, 3.05) is 13.3 Å². The molecule has 1 N–H and O–H groups in total. The highest BCUT2D eigenvalue weighted by Gasteiger charge is 2.23. The van der Waals surface area contributed by atoms with Crippen LogP contribution in [-0.4, -0.2) is 44.3 Å². The molecule has 8 heteroatoms. The summed E-state index contributed by atoms with van der Waals surface area (Å²) in [6, 6.07) is 6.05. The number of hydrazone groups is 1. The van der Waals surface area contributed by atoms with E-state index in [1.54, 1.807) is 19.1 Å². The van der Waals surface area contributed by atoms with Crippen LogP contribution in [0.3, 0.4) is 0 Å². The first-order valence-corrected chi connectivity index (χ1v) is 9.02. The van der Waals surface area contributed by atoms with Crippen molar-refractivity contribution < 1.29 is 18.0 Å². The monoisotopic (exact) mass is 337 g/mol. The van der Waals surface area contributed by atoms with Gasteiger partial charge in [0.25, 0.3) is 5.91 Å². The molecule has 124 valence electrons. The predicted octanol–water partition coefficient (Wildman–Crippen LogP) is 0.875. The van der Waals surface area contributed by atoms with Crippen molar-refractivity contribution >= 4 is 27.4 Å². The summed E-state index contributed by atoms with van der Waals surface area (Å²) in [5, 5.41) is 7.94. The predicted molar refractivity (Wildman–Crippen MR) is 85.5 cm³/mol. The van der Waals surface area contributed by atoms with E-state index in [9.17, 15) is 18.0 Å². The summed E-state index contributed by atoms with van der Waals surface area (Å²) in [6.07, 6.45) is 1.72. The largest absolute Gasteiger partial charge is 0.344 e. The van der Waals surface area contributed by atoms with Crippen molar-refractivity contribution in [2.45, 2.75) is 30.7 Å². The molecule has 1 aromatic carbocycles. The van der Waals surface area contributed by atoms with E-state index in [2.05, 4.69) is 10.4 Å². The van der Waals surface area contributed by atoms with Gasteiger partial charge in [-0.1, -0.05) is 12.1 Å². The van der Waals surface area contributed by atoms with Gasteiger partial charge in [-0.05, 0) is 24.6 Å². The third kappa shape index (κ3) is 4.16. The molecule has 1 heterocycles. The molecule has 0 aromatic heterocycles. The van der Waals surface area contributed by atoms with Gasteiger partial charge >= 0.3 is 0 Å². The third-order valence-electron chi connectivity index (χ3n) is 3.63. The molecular formula is C15H19N3O4S. The van der Waals surface area contributed by atoms with Crippen LogP contribution in [0, 0.1) is 0 Å².